The van der Waals surface area contributed by atoms with Gasteiger partial charge in [0.25, 0.3) is 5.91 Å². The average molecular weight is 441 g/mol. The minimum absolute atomic E-state index is 0.0132. The van der Waals surface area contributed by atoms with Crippen LogP contribution in [0.4, 0.5) is 18.9 Å². The topological polar surface area (TPSA) is 69.7 Å². The Kier molecular flexibility index (Phi) is 6.09. The molecule has 0 atom stereocenters. The van der Waals surface area contributed by atoms with Crippen molar-refractivity contribution in [2.24, 2.45) is 0 Å². The number of rotatable bonds is 4. The Balaban J connectivity index is 1.77. The lowest BCUT2D eigenvalue weighted by atomic mass is 10.1. The van der Waals surface area contributed by atoms with Gasteiger partial charge in [0.05, 0.1) is 10.5 Å². The Morgan fingerprint density at radius 1 is 1.03 bits per heavy atom. The Morgan fingerprint density at radius 3 is 2.30 bits per heavy atom. The number of sulfonamides is 1. The number of nitrogens with one attached hydrogen (secondary N) is 1. The highest BCUT2D eigenvalue weighted by Gasteiger charge is 2.32. The number of piperazine rings is 1. The third-order valence-electron chi connectivity index (χ3n) is 5.10. The third kappa shape index (κ3) is 4.44. The highest BCUT2D eigenvalue weighted by atomic mass is 32.2. The van der Waals surface area contributed by atoms with E-state index in [2.05, 4.69) is 5.32 Å². The van der Waals surface area contributed by atoms with E-state index in [0.717, 1.165) is 12.1 Å². The first-order valence-corrected chi connectivity index (χ1v) is 10.7. The lowest BCUT2D eigenvalue weighted by Crippen LogP contribution is -2.48. The molecule has 162 valence electrons. The van der Waals surface area contributed by atoms with Gasteiger partial charge in [-0.2, -0.15) is 17.5 Å². The molecule has 0 radical (unpaired) electrons. The summed E-state index contributed by atoms with van der Waals surface area (Å²) in [5.41, 5.74) is 0.597. The van der Waals surface area contributed by atoms with Crippen LogP contribution in [0.15, 0.2) is 47.4 Å². The molecule has 6 nitrogen and oxygen atoms in total. The van der Waals surface area contributed by atoms with Gasteiger partial charge >= 0.3 is 6.18 Å². The summed E-state index contributed by atoms with van der Waals surface area (Å²) in [5, 5.41) is 2.49. The number of benzene rings is 2. The molecule has 0 bridgehead atoms. The molecule has 1 N–H and O–H groups in total. The zero-order valence-electron chi connectivity index (χ0n) is 16.5. The second kappa shape index (κ2) is 8.27. The molecule has 1 heterocycles. The first-order chi connectivity index (χ1) is 14.0. The molecule has 10 heteroatoms. The van der Waals surface area contributed by atoms with Crippen LogP contribution in [-0.2, 0) is 16.2 Å². The minimum Gasteiger partial charge on any atom is -0.369 e. The summed E-state index contributed by atoms with van der Waals surface area (Å²) in [6, 6.07) is 9.38. The van der Waals surface area contributed by atoms with Gasteiger partial charge in [-0.25, -0.2) is 8.42 Å². The molecule has 0 aromatic heterocycles. The van der Waals surface area contributed by atoms with Gasteiger partial charge < -0.3 is 10.2 Å². The van der Waals surface area contributed by atoms with Crippen molar-refractivity contribution in [2.45, 2.75) is 18.0 Å². The highest BCUT2D eigenvalue weighted by Crippen LogP contribution is 2.32. The fourth-order valence-corrected chi connectivity index (χ4v) is 4.80. The van der Waals surface area contributed by atoms with E-state index in [9.17, 15) is 26.4 Å². The number of alkyl halides is 3. The van der Waals surface area contributed by atoms with Crippen molar-refractivity contribution in [3.8, 4) is 0 Å². The van der Waals surface area contributed by atoms with Crippen LogP contribution in [-0.4, -0.2) is 51.9 Å². The van der Waals surface area contributed by atoms with Crippen molar-refractivity contribution in [1.82, 2.24) is 9.62 Å². The molecule has 1 fully saturated rings. The molecular formula is C20H22F3N3O3S. The van der Waals surface area contributed by atoms with E-state index in [1.807, 2.05) is 0 Å². The molecule has 1 saturated heterocycles. The van der Waals surface area contributed by atoms with Crippen molar-refractivity contribution in [2.75, 3.05) is 38.1 Å². The Bertz CT molecular complexity index is 1050. The Labute approximate surface area is 173 Å². The van der Waals surface area contributed by atoms with Gasteiger partial charge in [-0.1, -0.05) is 12.1 Å². The molecule has 3 rings (SSSR count). The van der Waals surface area contributed by atoms with Crippen molar-refractivity contribution in [3.05, 3.63) is 59.2 Å². The predicted molar refractivity (Wildman–Crippen MR) is 107 cm³/mol. The summed E-state index contributed by atoms with van der Waals surface area (Å²) >= 11 is 0. The number of halogens is 3. The molecule has 1 aliphatic rings. The summed E-state index contributed by atoms with van der Waals surface area (Å²) in [4.78, 5) is 13.7. The van der Waals surface area contributed by atoms with Gasteiger partial charge in [0, 0.05) is 44.5 Å². The maximum atomic E-state index is 13.0. The number of aryl methyl sites for hydroxylation is 1. The third-order valence-corrected chi connectivity index (χ3v) is 6.99. The second-order valence-corrected chi connectivity index (χ2v) is 8.93. The number of carbonyl (C=O) groups excluding carboxylic acids is 1. The van der Waals surface area contributed by atoms with Crippen LogP contribution in [0.25, 0.3) is 0 Å². The molecule has 1 amide bonds. The van der Waals surface area contributed by atoms with E-state index in [4.69, 9.17) is 0 Å². The monoisotopic (exact) mass is 441 g/mol. The zero-order chi connectivity index (χ0) is 22.1. The SMILES string of the molecule is CNC(=O)c1cc(S(=O)(=O)N2CCN(c3cccc(C(F)(F)F)c3)CC2)ccc1C. The summed E-state index contributed by atoms with van der Waals surface area (Å²) in [5.74, 6) is -0.376. The summed E-state index contributed by atoms with van der Waals surface area (Å²) in [7, 11) is -2.37. The maximum absolute atomic E-state index is 13.0. The molecular weight excluding hydrogens is 419 g/mol. The van der Waals surface area contributed by atoms with Crippen LogP contribution in [0.1, 0.15) is 21.5 Å². The van der Waals surface area contributed by atoms with Crippen LogP contribution >= 0.6 is 0 Å². The van der Waals surface area contributed by atoms with E-state index >= 15 is 0 Å². The number of anilines is 1. The Hall–Kier alpha value is -2.59. The van der Waals surface area contributed by atoms with E-state index in [1.165, 1.54) is 29.6 Å². The Morgan fingerprint density at radius 2 is 1.70 bits per heavy atom. The van der Waals surface area contributed by atoms with Gasteiger partial charge in [-0.15, -0.1) is 0 Å². The molecule has 2 aromatic carbocycles. The van der Waals surface area contributed by atoms with Gasteiger partial charge in [-0.05, 0) is 42.8 Å². The quantitative estimate of drug-likeness (QED) is 0.792. The molecule has 0 spiro atoms. The zero-order valence-corrected chi connectivity index (χ0v) is 17.3. The first kappa shape index (κ1) is 22.1. The number of nitrogens with zero attached hydrogens (tertiary/aromatic N) is 2. The van der Waals surface area contributed by atoms with Crippen LogP contribution in [0.2, 0.25) is 0 Å². The number of carbonyl (C=O) groups is 1. The van der Waals surface area contributed by atoms with Crippen molar-refractivity contribution >= 4 is 21.6 Å². The molecule has 0 unspecified atom stereocenters. The molecule has 2 aromatic rings. The average Bonchev–Trinajstić information content (AvgIpc) is 2.73. The van der Waals surface area contributed by atoms with Crippen LogP contribution in [0.5, 0.6) is 0 Å². The number of hydrogen-bond acceptors (Lipinski definition) is 4. The van der Waals surface area contributed by atoms with Crippen molar-refractivity contribution < 1.29 is 26.4 Å². The van der Waals surface area contributed by atoms with E-state index < -0.39 is 21.8 Å². The lowest BCUT2D eigenvalue weighted by Gasteiger charge is -2.35. The highest BCUT2D eigenvalue weighted by molar-refractivity contribution is 7.89. The van der Waals surface area contributed by atoms with Gasteiger partial charge in [0.1, 0.15) is 0 Å². The fraction of sp³-hybridized carbons (Fsp3) is 0.350. The predicted octanol–water partition coefficient (Wildman–Crippen LogP) is 2.88. The smallest absolute Gasteiger partial charge is 0.369 e. The van der Waals surface area contributed by atoms with Crippen molar-refractivity contribution in [1.29, 1.82) is 0 Å². The van der Waals surface area contributed by atoms with Gasteiger partial charge in [0.15, 0.2) is 0 Å². The standard InChI is InChI=1S/C20H22F3N3O3S/c1-14-6-7-17(13-18(14)19(27)24-2)30(28,29)26-10-8-25(9-11-26)16-5-3-4-15(12-16)20(21,22)23/h3-7,12-13H,8-11H2,1-2H3,(H,24,27). The van der Waals surface area contributed by atoms with E-state index in [0.29, 0.717) is 11.3 Å². The van der Waals surface area contributed by atoms with Crippen molar-refractivity contribution in [3.63, 3.8) is 0 Å². The lowest BCUT2D eigenvalue weighted by molar-refractivity contribution is -0.137. The molecule has 0 saturated carbocycles. The van der Waals surface area contributed by atoms with Crippen LogP contribution in [0, 0.1) is 6.92 Å². The van der Waals surface area contributed by atoms with Crippen LogP contribution in [0.3, 0.4) is 0 Å². The molecule has 30 heavy (non-hydrogen) atoms. The second-order valence-electron chi connectivity index (χ2n) is 7.00. The van der Waals surface area contributed by atoms with E-state index in [-0.39, 0.29) is 42.5 Å². The maximum Gasteiger partial charge on any atom is 0.416 e. The number of hydrogen-bond donors (Lipinski definition) is 1. The normalized spacial score (nSPS) is 15.8. The fourth-order valence-electron chi connectivity index (χ4n) is 3.36. The summed E-state index contributed by atoms with van der Waals surface area (Å²) < 4.78 is 66.2. The molecule has 1 aliphatic heterocycles. The summed E-state index contributed by atoms with van der Waals surface area (Å²) in [6.45, 7) is 2.49. The van der Waals surface area contributed by atoms with Gasteiger partial charge in [-0.3, -0.25) is 4.79 Å². The number of amides is 1. The van der Waals surface area contributed by atoms with E-state index in [1.54, 1.807) is 24.0 Å². The largest absolute Gasteiger partial charge is 0.416 e. The minimum atomic E-state index is -4.44. The van der Waals surface area contributed by atoms with Crippen LogP contribution < -0.4 is 10.2 Å². The first-order valence-electron chi connectivity index (χ1n) is 9.29. The van der Waals surface area contributed by atoms with Gasteiger partial charge in [0.2, 0.25) is 10.0 Å². The molecule has 0 aliphatic carbocycles. The summed E-state index contributed by atoms with van der Waals surface area (Å²) in [6.07, 6.45) is -4.44.